The van der Waals surface area contributed by atoms with Crippen LogP contribution < -0.4 is 11.2 Å². The Kier molecular flexibility index (Phi) is 2.93. The van der Waals surface area contributed by atoms with Gasteiger partial charge in [-0.05, 0) is 6.92 Å². The lowest BCUT2D eigenvalue weighted by molar-refractivity contribution is 0.575. The van der Waals surface area contributed by atoms with Crippen LogP contribution in [0.2, 0.25) is 5.15 Å². The Labute approximate surface area is 99.4 Å². The predicted octanol–water partition coefficient (Wildman–Crippen LogP) is 1.26. The maximum atomic E-state index is 11.6. The average Bonchev–Trinajstić information content (AvgIpc) is 2.67. The van der Waals surface area contributed by atoms with E-state index in [9.17, 15) is 9.59 Å². The van der Waals surface area contributed by atoms with Crippen molar-refractivity contribution in [2.75, 3.05) is 0 Å². The summed E-state index contributed by atoms with van der Waals surface area (Å²) < 4.78 is 1.09. The van der Waals surface area contributed by atoms with E-state index in [0.717, 1.165) is 4.57 Å². The molecule has 0 aliphatic carbocycles. The molecule has 2 aromatic heterocycles. The first-order valence-corrected chi connectivity index (χ1v) is 5.76. The van der Waals surface area contributed by atoms with E-state index < -0.39 is 17.3 Å². The third-order valence-corrected chi connectivity index (χ3v) is 3.28. The second-order valence-electron chi connectivity index (χ2n) is 3.18. The molecule has 1 N–H and O–H groups in total. The van der Waals surface area contributed by atoms with Crippen molar-refractivity contribution in [3.8, 4) is 0 Å². The van der Waals surface area contributed by atoms with Gasteiger partial charge in [0.2, 0.25) is 0 Å². The molecule has 0 bridgehead atoms. The molecular weight excluding hydrogens is 250 g/mol. The zero-order valence-corrected chi connectivity index (χ0v) is 9.88. The topological polar surface area (TPSA) is 67.8 Å². The quantitative estimate of drug-likeness (QED) is 0.824. The summed E-state index contributed by atoms with van der Waals surface area (Å²) in [4.78, 5) is 29.7. The molecule has 0 radical (unpaired) electrons. The largest absolute Gasteiger partial charge is 0.330 e. The molecule has 7 heteroatoms. The first-order chi connectivity index (χ1) is 7.59. The highest BCUT2D eigenvalue weighted by atomic mass is 35.5. The second-order valence-corrected chi connectivity index (χ2v) is 4.51. The van der Waals surface area contributed by atoms with Gasteiger partial charge in [0.15, 0.2) is 0 Å². The zero-order chi connectivity index (χ0) is 11.7. The van der Waals surface area contributed by atoms with Gasteiger partial charge in [0.05, 0.1) is 6.04 Å². The van der Waals surface area contributed by atoms with Crippen LogP contribution in [0.4, 0.5) is 0 Å². The van der Waals surface area contributed by atoms with Crippen LogP contribution >= 0.6 is 22.9 Å². The molecule has 5 nitrogen and oxygen atoms in total. The minimum Gasteiger partial charge on any atom is -0.298 e. The molecule has 0 aliphatic rings. The van der Waals surface area contributed by atoms with Crippen molar-refractivity contribution in [3.63, 3.8) is 0 Å². The number of H-pyrrole nitrogens is 1. The summed E-state index contributed by atoms with van der Waals surface area (Å²) in [7, 11) is 0. The van der Waals surface area contributed by atoms with Gasteiger partial charge in [-0.3, -0.25) is 14.3 Å². The number of aromatic amines is 1. The Hall–Kier alpha value is -1.40. The van der Waals surface area contributed by atoms with Crippen molar-refractivity contribution < 1.29 is 0 Å². The van der Waals surface area contributed by atoms with E-state index in [-0.39, 0.29) is 5.15 Å². The van der Waals surface area contributed by atoms with E-state index in [0.29, 0.717) is 5.01 Å². The Morgan fingerprint density at radius 1 is 1.56 bits per heavy atom. The second kappa shape index (κ2) is 4.23. The first-order valence-electron chi connectivity index (χ1n) is 4.50. The lowest BCUT2D eigenvalue weighted by atomic mass is 10.3. The molecule has 2 rings (SSSR count). The molecule has 0 aromatic carbocycles. The Morgan fingerprint density at radius 2 is 2.31 bits per heavy atom. The smallest absolute Gasteiger partial charge is 0.298 e. The highest BCUT2D eigenvalue weighted by Gasteiger charge is 2.15. The van der Waals surface area contributed by atoms with Crippen LogP contribution in [0.25, 0.3) is 0 Å². The van der Waals surface area contributed by atoms with Gasteiger partial charge < -0.3 is 0 Å². The molecule has 0 saturated carbocycles. The van der Waals surface area contributed by atoms with E-state index in [1.165, 1.54) is 17.4 Å². The van der Waals surface area contributed by atoms with Crippen molar-refractivity contribution in [1.29, 1.82) is 0 Å². The van der Waals surface area contributed by atoms with Crippen LogP contribution in [-0.2, 0) is 0 Å². The summed E-state index contributed by atoms with van der Waals surface area (Å²) in [6, 6.07) is 0.779. The SMILES string of the molecule is CC(c1nccs1)n1c(=O)cc(Cl)[nH]c1=O. The molecule has 0 aliphatic heterocycles. The van der Waals surface area contributed by atoms with E-state index >= 15 is 0 Å². The molecule has 1 unspecified atom stereocenters. The van der Waals surface area contributed by atoms with E-state index in [4.69, 9.17) is 11.6 Å². The van der Waals surface area contributed by atoms with Gasteiger partial charge in [0.1, 0.15) is 10.2 Å². The average molecular weight is 258 g/mol. The van der Waals surface area contributed by atoms with Crippen LogP contribution in [0.5, 0.6) is 0 Å². The summed E-state index contributed by atoms with van der Waals surface area (Å²) in [5.41, 5.74) is -0.961. The van der Waals surface area contributed by atoms with Gasteiger partial charge in [-0.15, -0.1) is 11.3 Å². The van der Waals surface area contributed by atoms with Crippen molar-refractivity contribution in [2.24, 2.45) is 0 Å². The molecule has 84 valence electrons. The van der Waals surface area contributed by atoms with Gasteiger partial charge >= 0.3 is 5.69 Å². The number of nitrogens with one attached hydrogen (secondary N) is 1. The molecule has 0 fully saturated rings. The maximum absolute atomic E-state index is 11.6. The molecule has 16 heavy (non-hydrogen) atoms. The normalized spacial score (nSPS) is 12.6. The fraction of sp³-hybridized carbons (Fsp3) is 0.222. The van der Waals surface area contributed by atoms with Crippen LogP contribution in [0.15, 0.2) is 27.2 Å². The molecule has 2 heterocycles. The fourth-order valence-corrected chi connectivity index (χ4v) is 2.25. The summed E-state index contributed by atoms with van der Waals surface area (Å²) in [6.45, 7) is 1.74. The van der Waals surface area contributed by atoms with E-state index in [2.05, 4.69) is 9.97 Å². The number of nitrogens with zero attached hydrogens (tertiary/aromatic N) is 2. The third-order valence-electron chi connectivity index (χ3n) is 2.13. The molecule has 2 aromatic rings. The number of rotatable bonds is 2. The van der Waals surface area contributed by atoms with E-state index in [1.54, 1.807) is 18.5 Å². The van der Waals surface area contributed by atoms with Gasteiger partial charge in [-0.1, -0.05) is 11.6 Å². The Bertz CT molecular complexity index is 571. The van der Waals surface area contributed by atoms with Gasteiger partial charge in [0, 0.05) is 17.6 Å². The summed E-state index contributed by atoms with van der Waals surface area (Å²) in [5, 5.41) is 2.54. The zero-order valence-electron chi connectivity index (χ0n) is 8.31. The first kappa shape index (κ1) is 11.1. The van der Waals surface area contributed by atoms with Crippen LogP contribution in [0.1, 0.15) is 18.0 Å². The van der Waals surface area contributed by atoms with Gasteiger partial charge in [-0.2, -0.15) is 0 Å². The standard InChI is InChI=1S/C9H8ClN3O2S/c1-5(8-11-2-3-16-8)13-7(14)4-6(10)12-9(13)15/h2-5H,1H3,(H,12,15). The van der Waals surface area contributed by atoms with Crippen molar-refractivity contribution in [3.05, 3.63) is 48.6 Å². The number of hydrogen-bond donors (Lipinski definition) is 1. The van der Waals surface area contributed by atoms with Crippen LogP contribution in [0, 0.1) is 0 Å². The van der Waals surface area contributed by atoms with Gasteiger partial charge in [-0.25, -0.2) is 9.78 Å². The van der Waals surface area contributed by atoms with Crippen LogP contribution in [0.3, 0.4) is 0 Å². The van der Waals surface area contributed by atoms with Crippen molar-refractivity contribution >= 4 is 22.9 Å². The Balaban J connectivity index is 2.58. The lowest BCUT2D eigenvalue weighted by Crippen LogP contribution is -2.36. The van der Waals surface area contributed by atoms with Crippen molar-refractivity contribution in [1.82, 2.24) is 14.5 Å². The maximum Gasteiger partial charge on any atom is 0.330 e. The third kappa shape index (κ3) is 1.94. The molecule has 1 atom stereocenters. The highest BCUT2D eigenvalue weighted by molar-refractivity contribution is 7.09. The number of halogens is 1. The Morgan fingerprint density at radius 3 is 2.88 bits per heavy atom. The minimum atomic E-state index is -0.528. The molecule has 0 amide bonds. The lowest BCUT2D eigenvalue weighted by Gasteiger charge is -2.10. The van der Waals surface area contributed by atoms with Crippen LogP contribution in [-0.4, -0.2) is 14.5 Å². The summed E-state index contributed by atoms with van der Waals surface area (Å²) in [6.07, 6.45) is 1.63. The summed E-state index contributed by atoms with van der Waals surface area (Å²) >= 11 is 6.96. The molecular formula is C9H8ClN3O2S. The number of hydrogen-bond acceptors (Lipinski definition) is 4. The molecule has 0 saturated heterocycles. The number of thiazole rings is 1. The predicted molar refractivity (Wildman–Crippen MR) is 62.3 cm³/mol. The van der Waals surface area contributed by atoms with Crippen molar-refractivity contribution in [2.45, 2.75) is 13.0 Å². The van der Waals surface area contributed by atoms with Gasteiger partial charge in [0.25, 0.3) is 5.56 Å². The minimum absolute atomic E-state index is 0.0394. The molecule has 0 spiro atoms. The monoisotopic (exact) mass is 257 g/mol. The fourth-order valence-electron chi connectivity index (χ4n) is 1.39. The van der Waals surface area contributed by atoms with E-state index in [1.807, 2.05) is 0 Å². The highest BCUT2D eigenvalue weighted by Crippen LogP contribution is 2.16. The number of aromatic nitrogens is 3. The summed E-state index contributed by atoms with van der Waals surface area (Å²) in [5.74, 6) is 0.